The van der Waals surface area contributed by atoms with E-state index in [0.29, 0.717) is 37.7 Å². The van der Waals surface area contributed by atoms with Crippen molar-refractivity contribution in [2.24, 2.45) is 5.92 Å². The summed E-state index contributed by atoms with van der Waals surface area (Å²) in [4.78, 5) is 34.3. The van der Waals surface area contributed by atoms with E-state index in [9.17, 15) is 9.59 Å². The number of hydrogen-bond donors (Lipinski definition) is 0. The van der Waals surface area contributed by atoms with Gasteiger partial charge in [-0.1, -0.05) is 0 Å². The molecule has 0 spiro atoms. The van der Waals surface area contributed by atoms with E-state index in [1.807, 2.05) is 28.0 Å². The van der Waals surface area contributed by atoms with Crippen molar-refractivity contribution >= 4 is 28.9 Å². The molecule has 1 aromatic carbocycles. The van der Waals surface area contributed by atoms with Crippen LogP contribution in [0, 0.1) is 5.92 Å². The molecule has 8 heteroatoms. The van der Waals surface area contributed by atoms with Crippen LogP contribution >= 0.6 is 0 Å². The number of fused-ring (bicyclic) bond motifs is 1. The van der Waals surface area contributed by atoms with Gasteiger partial charge in [-0.2, -0.15) is 4.98 Å². The van der Waals surface area contributed by atoms with Crippen LogP contribution in [0.5, 0.6) is 5.75 Å². The van der Waals surface area contributed by atoms with Crippen molar-refractivity contribution in [2.45, 2.75) is 12.5 Å². The lowest BCUT2D eigenvalue weighted by molar-refractivity contribution is -0.133. The number of carbonyl (C=O) groups excluding carboxylic acids is 2. The first-order valence-corrected chi connectivity index (χ1v) is 8.66. The zero-order valence-corrected chi connectivity index (χ0v) is 15.1. The van der Waals surface area contributed by atoms with Gasteiger partial charge in [0.15, 0.2) is 5.58 Å². The van der Waals surface area contributed by atoms with Crippen LogP contribution in [-0.2, 0) is 9.59 Å². The first-order chi connectivity index (χ1) is 12.5. The van der Waals surface area contributed by atoms with Gasteiger partial charge in [0, 0.05) is 46.2 Å². The average Bonchev–Trinajstić information content (AvgIpc) is 3.16. The molecule has 0 N–H and O–H groups in total. The van der Waals surface area contributed by atoms with Crippen LogP contribution in [0.25, 0.3) is 11.1 Å². The van der Waals surface area contributed by atoms with Gasteiger partial charge >= 0.3 is 0 Å². The average molecular weight is 358 g/mol. The standard InChI is InChI=1S/C18H22N4O4/c1-20(2)17(24)11-6-16(23)22(8-11)12-9-21(10-12)18-19-14-7-13(25-3)4-5-15(14)26-18/h4-5,7,11-12H,6,8-10H2,1-3H3. The molecular weight excluding hydrogens is 336 g/mol. The summed E-state index contributed by atoms with van der Waals surface area (Å²) < 4.78 is 11.0. The number of ether oxygens (including phenoxy) is 1. The van der Waals surface area contributed by atoms with Crippen LogP contribution in [0.1, 0.15) is 6.42 Å². The number of nitrogens with zero attached hydrogens (tertiary/aromatic N) is 4. The number of oxazole rings is 1. The van der Waals surface area contributed by atoms with E-state index in [-0.39, 0.29) is 23.8 Å². The van der Waals surface area contributed by atoms with Crippen molar-refractivity contribution in [1.82, 2.24) is 14.8 Å². The largest absolute Gasteiger partial charge is 0.497 e. The molecule has 138 valence electrons. The topological polar surface area (TPSA) is 79.1 Å². The van der Waals surface area contributed by atoms with E-state index in [1.165, 1.54) is 0 Å². The van der Waals surface area contributed by atoms with Gasteiger partial charge in [0.25, 0.3) is 6.01 Å². The van der Waals surface area contributed by atoms with Gasteiger partial charge in [0.05, 0.1) is 19.1 Å². The highest BCUT2D eigenvalue weighted by atomic mass is 16.5. The minimum atomic E-state index is -0.233. The summed E-state index contributed by atoms with van der Waals surface area (Å²) in [5.74, 6) is 0.573. The lowest BCUT2D eigenvalue weighted by Gasteiger charge is -2.43. The monoisotopic (exact) mass is 358 g/mol. The quantitative estimate of drug-likeness (QED) is 0.810. The van der Waals surface area contributed by atoms with Gasteiger partial charge in [0.1, 0.15) is 11.3 Å². The van der Waals surface area contributed by atoms with Crippen LogP contribution in [0.4, 0.5) is 6.01 Å². The Morgan fingerprint density at radius 1 is 1.31 bits per heavy atom. The maximum absolute atomic E-state index is 12.3. The zero-order valence-electron chi connectivity index (χ0n) is 15.1. The molecule has 8 nitrogen and oxygen atoms in total. The Hall–Kier alpha value is -2.77. The smallest absolute Gasteiger partial charge is 0.298 e. The maximum atomic E-state index is 12.3. The van der Waals surface area contributed by atoms with Crippen LogP contribution < -0.4 is 9.64 Å². The third-order valence-electron chi connectivity index (χ3n) is 5.11. The van der Waals surface area contributed by atoms with Crippen LogP contribution in [0.2, 0.25) is 0 Å². The predicted octanol–water partition coefficient (Wildman–Crippen LogP) is 0.962. The fourth-order valence-electron chi connectivity index (χ4n) is 3.58. The Bertz CT molecular complexity index is 856. The van der Waals surface area contributed by atoms with Crippen molar-refractivity contribution < 1.29 is 18.7 Å². The van der Waals surface area contributed by atoms with E-state index in [0.717, 1.165) is 11.3 Å². The van der Waals surface area contributed by atoms with Gasteiger partial charge in [-0.05, 0) is 12.1 Å². The van der Waals surface area contributed by atoms with Crippen molar-refractivity contribution in [2.75, 3.05) is 45.7 Å². The summed E-state index contributed by atoms with van der Waals surface area (Å²) in [6, 6.07) is 6.16. The van der Waals surface area contributed by atoms with Crippen molar-refractivity contribution in [1.29, 1.82) is 0 Å². The zero-order chi connectivity index (χ0) is 18.4. The molecule has 2 saturated heterocycles. The molecule has 2 aromatic rings. The van der Waals surface area contributed by atoms with E-state index < -0.39 is 0 Å². The van der Waals surface area contributed by atoms with Crippen molar-refractivity contribution in [3.8, 4) is 5.75 Å². The summed E-state index contributed by atoms with van der Waals surface area (Å²) in [5.41, 5.74) is 1.45. The molecule has 0 aliphatic carbocycles. The van der Waals surface area contributed by atoms with Gasteiger partial charge in [-0.3, -0.25) is 9.59 Å². The molecular formula is C18H22N4O4. The molecule has 26 heavy (non-hydrogen) atoms. The number of likely N-dealkylation sites (tertiary alicyclic amines) is 1. The summed E-state index contributed by atoms with van der Waals surface area (Å²) >= 11 is 0. The molecule has 2 aliphatic heterocycles. The fraction of sp³-hybridized carbons (Fsp3) is 0.500. The molecule has 0 saturated carbocycles. The van der Waals surface area contributed by atoms with Crippen LogP contribution in [0.15, 0.2) is 22.6 Å². The third-order valence-corrected chi connectivity index (χ3v) is 5.11. The van der Waals surface area contributed by atoms with E-state index in [2.05, 4.69) is 4.98 Å². The molecule has 0 bridgehead atoms. The first-order valence-electron chi connectivity index (χ1n) is 8.66. The van der Waals surface area contributed by atoms with E-state index in [1.54, 1.807) is 26.1 Å². The second-order valence-corrected chi connectivity index (χ2v) is 7.07. The molecule has 0 radical (unpaired) electrons. The van der Waals surface area contributed by atoms with Gasteiger partial charge in [-0.15, -0.1) is 0 Å². The summed E-state index contributed by atoms with van der Waals surface area (Å²) in [5, 5.41) is 0. The second kappa shape index (κ2) is 6.19. The number of methoxy groups -OCH3 is 1. The van der Waals surface area contributed by atoms with Crippen LogP contribution in [-0.4, -0.2) is 73.5 Å². The molecule has 3 heterocycles. The fourth-order valence-corrected chi connectivity index (χ4v) is 3.58. The molecule has 2 aliphatic rings. The molecule has 1 unspecified atom stereocenters. The summed E-state index contributed by atoms with van der Waals surface area (Å²) in [6.07, 6.45) is 0.302. The molecule has 2 amide bonds. The van der Waals surface area contributed by atoms with Crippen LogP contribution in [0.3, 0.4) is 0 Å². The van der Waals surface area contributed by atoms with Crippen molar-refractivity contribution in [3.63, 3.8) is 0 Å². The van der Waals surface area contributed by atoms with Gasteiger partial charge in [0.2, 0.25) is 11.8 Å². The molecule has 4 rings (SSSR count). The number of anilines is 1. The minimum absolute atomic E-state index is 0.0185. The number of carbonyl (C=O) groups is 2. The molecule has 1 atom stereocenters. The minimum Gasteiger partial charge on any atom is -0.497 e. The number of amides is 2. The normalized spacial score (nSPS) is 20.6. The number of aromatic nitrogens is 1. The number of rotatable bonds is 4. The lowest BCUT2D eigenvalue weighted by Crippen LogP contribution is -2.60. The predicted molar refractivity (Wildman–Crippen MR) is 95.1 cm³/mol. The maximum Gasteiger partial charge on any atom is 0.298 e. The third kappa shape index (κ3) is 2.75. The highest BCUT2D eigenvalue weighted by molar-refractivity contribution is 5.89. The van der Waals surface area contributed by atoms with Gasteiger partial charge < -0.3 is 23.9 Å². The van der Waals surface area contributed by atoms with E-state index in [4.69, 9.17) is 9.15 Å². The Labute approximate surface area is 151 Å². The summed E-state index contributed by atoms with van der Waals surface area (Å²) in [6.45, 7) is 1.83. The Kier molecular flexibility index (Phi) is 3.97. The Morgan fingerprint density at radius 2 is 2.08 bits per heavy atom. The highest BCUT2D eigenvalue weighted by Crippen LogP contribution is 2.31. The Morgan fingerprint density at radius 3 is 2.77 bits per heavy atom. The number of hydrogen-bond acceptors (Lipinski definition) is 6. The van der Waals surface area contributed by atoms with E-state index >= 15 is 0 Å². The molecule has 1 aromatic heterocycles. The van der Waals surface area contributed by atoms with Crippen molar-refractivity contribution in [3.05, 3.63) is 18.2 Å². The lowest BCUT2D eigenvalue weighted by atomic mass is 10.1. The second-order valence-electron chi connectivity index (χ2n) is 7.07. The highest BCUT2D eigenvalue weighted by Gasteiger charge is 2.43. The molecule has 2 fully saturated rings. The SMILES string of the molecule is COc1ccc2oc(N3CC(N4CC(C(=O)N(C)C)CC4=O)C3)nc2c1. The van der Waals surface area contributed by atoms with Gasteiger partial charge in [-0.25, -0.2) is 0 Å². The summed E-state index contributed by atoms with van der Waals surface area (Å²) in [7, 11) is 5.06. The first kappa shape index (κ1) is 16.7. The number of benzene rings is 1. The Balaban J connectivity index is 1.41.